The van der Waals surface area contributed by atoms with Gasteiger partial charge in [0.2, 0.25) is 0 Å². The van der Waals surface area contributed by atoms with Crippen LogP contribution in [-0.4, -0.2) is 17.8 Å². The Kier molecular flexibility index (Phi) is 5.17. The Morgan fingerprint density at radius 1 is 1.11 bits per heavy atom. The van der Waals surface area contributed by atoms with E-state index in [-0.39, 0.29) is 11.5 Å². The first kappa shape index (κ1) is 18.1. The Balaban J connectivity index is 1.77. The summed E-state index contributed by atoms with van der Waals surface area (Å²) in [6, 6.07) is 15.1. The summed E-state index contributed by atoms with van der Waals surface area (Å²) in [6.07, 6.45) is 2.99. The van der Waals surface area contributed by atoms with Crippen LogP contribution in [0, 0.1) is 17.0 Å². The highest BCUT2D eigenvalue weighted by molar-refractivity contribution is 6.06. The zero-order valence-corrected chi connectivity index (χ0v) is 14.8. The predicted octanol–water partition coefficient (Wildman–Crippen LogP) is 5.07. The maximum absolute atomic E-state index is 12.2. The lowest BCUT2D eigenvalue weighted by molar-refractivity contribution is -0.385. The van der Waals surface area contributed by atoms with Crippen molar-refractivity contribution in [1.82, 2.24) is 0 Å². The molecule has 0 aliphatic heterocycles. The van der Waals surface area contributed by atoms with Crippen LogP contribution in [0.25, 0.3) is 17.4 Å². The summed E-state index contributed by atoms with van der Waals surface area (Å²) in [7, 11) is 1.56. The Morgan fingerprint density at radius 2 is 1.85 bits per heavy atom. The van der Waals surface area contributed by atoms with Gasteiger partial charge in [-0.15, -0.1) is 0 Å². The standard InChI is InChI=1S/C21H17NO5/c1-14-3-4-16(13-19(14)22(24)25)21-12-10-18(27-21)9-11-20(23)15-5-7-17(26-2)8-6-15/h3-13H,1-2H3/b11-9+. The van der Waals surface area contributed by atoms with Gasteiger partial charge in [-0.1, -0.05) is 12.1 Å². The molecule has 6 nitrogen and oxygen atoms in total. The molecular formula is C21H17NO5. The molecule has 0 fully saturated rings. The van der Waals surface area contributed by atoms with E-state index in [0.29, 0.717) is 34.0 Å². The third-order valence-electron chi connectivity index (χ3n) is 4.09. The van der Waals surface area contributed by atoms with E-state index in [1.807, 2.05) is 0 Å². The second-order valence-electron chi connectivity index (χ2n) is 5.89. The molecule has 1 heterocycles. The number of nitrogens with zero attached hydrogens (tertiary/aromatic N) is 1. The summed E-state index contributed by atoms with van der Waals surface area (Å²) >= 11 is 0. The number of ether oxygens (including phenoxy) is 1. The molecule has 3 aromatic rings. The van der Waals surface area contributed by atoms with Crippen molar-refractivity contribution < 1.29 is 18.9 Å². The summed E-state index contributed by atoms with van der Waals surface area (Å²) in [5, 5.41) is 11.1. The average molecular weight is 363 g/mol. The summed E-state index contributed by atoms with van der Waals surface area (Å²) in [4.78, 5) is 22.9. The summed E-state index contributed by atoms with van der Waals surface area (Å²) < 4.78 is 10.8. The van der Waals surface area contributed by atoms with E-state index in [0.717, 1.165) is 0 Å². The van der Waals surface area contributed by atoms with Crippen molar-refractivity contribution in [2.24, 2.45) is 0 Å². The number of carbonyl (C=O) groups excluding carboxylic acids is 1. The van der Waals surface area contributed by atoms with E-state index in [4.69, 9.17) is 9.15 Å². The van der Waals surface area contributed by atoms with Crippen molar-refractivity contribution in [3.8, 4) is 17.1 Å². The Morgan fingerprint density at radius 3 is 2.52 bits per heavy atom. The predicted molar refractivity (Wildman–Crippen MR) is 102 cm³/mol. The van der Waals surface area contributed by atoms with Crippen molar-refractivity contribution in [3.63, 3.8) is 0 Å². The van der Waals surface area contributed by atoms with E-state index in [2.05, 4.69) is 0 Å². The molecule has 6 heteroatoms. The summed E-state index contributed by atoms with van der Waals surface area (Å²) in [5.74, 6) is 1.49. The number of methoxy groups -OCH3 is 1. The molecule has 0 unspecified atom stereocenters. The largest absolute Gasteiger partial charge is 0.497 e. The van der Waals surface area contributed by atoms with Crippen LogP contribution in [-0.2, 0) is 0 Å². The zero-order chi connectivity index (χ0) is 19.4. The van der Waals surface area contributed by atoms with Gasteiger partial charge in [-0.2, -0.15) is 0 Å². The Hall–Kier alpha value is -3.67. The first-order chi connectivity index (χ1) is 13.0. The van der Waals surface area contributed by atoms with Crippen molar-refractivity contribution in [2.45, 2.75) is 6.92 Å². The molecule has 27 heavy (non-hydrogen) atoms. The fraction of sp³-hybridized carbons (Fsp3) is 0.0952. The lowest BCUT2D eigenvalue weighted by atomic mass is 10.1. The molecule has 136 valence electrons. The third kappa shape index (κ3) is 4.12. The highest BCUT2D eigenvalue weighted by Crippen LogP contribution is 2.28. The molecule has 3 rings (SSSR count). The van der Waals surface area contributed by atoms with Crippen LogP contribution in [0.2, 0.25) is 0 Å². The van der Waals surface area contributed by atoms with E-state index in [1.54, 1.807) is 68.6 Å². The number of aryl methyl sites for hydroxylation is 1. The molecule has 0 amide bonds. The minimum atomic E-state index is -0.421. The number of nitro benzene ring substituents is 1. The van der Waals surface area contributed by atoms with Crippen LogP contribution in [0.1, 0.15) is 21.7 Å². The molecule has 0 spiro atoms. The minimum Gasteiger partial charge on any atom is -0.497 e. The van der Waals surface area contributed by atoms with Gasteiger partial charge in [0.1, 0.15) is 17.3 Å². The van der Waals surface area contributed by atoms with Gasteiger partial charge in [0.15, 0.2) is 5.78 Å². The van der Waals surface area contributed by atoms with E-state index in [9.17, 15) is 14.9 Å². The van der Waals surface area contributed by atoms with Gasteiger partial charge in [0.25, 0.3) is 5.69 Å². The highest BCUT2D eigenvalue weighted by Gasteiger charge is 2.13. The molecule has 0 saturated heterocycles. The van der Waals surface area contributed by atoms with Crippen molar-refractivity contribution in [2.75, 3.05) is 7.11 Å². The monoisotopic (exact) mass is 363 g/mol. The van der Waals surface area contributed by atoms with Crippen LogP contribution < -0.4 is 4.74 Å². The SMILES string of the molecule is COc1ccc(C(=O)/C=C/c2ccc(-c3ccc(C)c([N+](=O)[O-])c3)o2)cc1. The van der Waals surface area contributed by atoms with Crippen molar-refractivity contribution in [3.05, 3.63) is 87.7 Å². The van der Waals surface area contributed by atoms with Gasteiger partial charge in [-0.3, -0.25) is 14.9 Å². The number of ketones is 1. The van der Waals surface area contributed by atoms with Gasteiger partial charge in [0.05, 0.1) is 12.0 Å². The number of allylic oxidation sites excluding steroid dienone is 1. The maximum atomic E-state index is 12.2. The Labute approximate surface area is 155 Å². The highest BCUT2D eigenvalue weighted by atomic mass is 16.6. The number of hydrogen-bond donors (Lipinski definition) is 0. The number of hydrogen-bond acceptors (Lipinski definition) is 5. The fourth-order valence-corrected chi connectivity index (χ4v) is 2.57. The van der Waals surface area contributed by atoms with Gasteiger partial charge in [0, 0.05) is 22.8 Å². The second kappa shape index (κ2) is 7.70. The smallest absolute Gasteiger partial charge is 0.273 e. The topological polar surface area (TPSA) is 82.6 Å². The van der Waals surface area contributed by atoms with E-state index in [1.165, 1.54) is 12.1 Å². The summed E-state index contributed by atoms with van der Waals surface area (Å²) in [5.41, 5.74) is 1.76. The second-order valence-corrected chi connectivity index (χ2v) is 5.89. The molecule has 0 atom stereocenters. The molecule has 0 aliphatic rings. The van der Waals surface area contributed by atoms with Gasteiger partial charge >= 0.3 is 0 Å². The number of nitro groups is 1. The first-order valence-corrected chi connectivity index (χ1v) is 8.19. The Bertz CT molecular complexity index is 1020. The zero-order valence-electron chi connectivity index (χ0n) is 14.8. The van der Waals surface area contributed by atoms with Crippen LogP contribution in [0.3, 0.4) is 0 Å². The van der Waals surface area contributed by atoms with Crippen LogP contribution in [0.4, 0.5) is 5.69 Å². The number of carbonyl (C=O) groups is 1. The fourth-order valence-electron chi connectivity index (χ4n) is 2.57. The summed E-state index contributed by atoms with van der Waals surface area (Å²) in [6.45, 7) is 1.68. The van der Waals surface area contributed by atoms with Crippen LogP contribution in [0.5, 0.6) is 5.75 Å². The van der Waals surface area contributed by atoms with E-state index < -0.39 is 4.92 Å². The third-order valence-corrected chi connectivity index (χ3v) is 4.09. The van der Waals surface area contributed by atoms with Crippen LogP contribution in [0.15, 0.2) is 65.1 Å². The minimum absolute atomic E-state index is 0.0377. The quantitative estimate of drug-likeness (QED) is 0.264. The lowest BCUT2D eigenvalue weighted by Gasteiger charge is -2.00. The molecule has 2 aromatic carbocycles. The molecule has 0 aliphatic carbocycles. The van der Waals surface area contributed by atoms with Gasteiger partial charge in [-0.05, 0) is 55.5 Å². The van der Waals surface area contributed by atoms with Crippen molar-refractivity contribution >= 4 is 17.5 Å². The normalized spacial score (nSPS) is 10.9. The van der Waals surface area contributed by atoms with Gasteiger partial charge in [-0.25, -0.2) is 0 Å². The molecule has 1 aromatic heterocycles. The number of benzene rings is 2. The molecular weight excluding hydrogens is 346 g/mol. The molecule has 0 bridgehead atoms. The number of rotatable bonds is 6. The maximum Gasteiger partial charge on any atom is 0.273 e. The van der Waals surface area contributed by atoms with Crippen LogP contribution >= 0.6 is 0 Å². The molecule has 0 saturated carbocycles. The van der Waals surface area contributed by atoms with Crippen molar-refractivity contribution in [1.29, 1.82) is 0 Å². The first-order valence-electron chi connectivity index (χ1n) is 8.19. The van der Waals surface area contributed by atoms with E-state index >= 15 is 0 Å². The molecule has 0 N–H and O–H groups in total. The lowest BCUT2D eigenvalue weighted by Crippen LogP contribution is -1.93. The number of furan rings is 1. The molecule has 0 radical (unpaired) electrons. The average Bonchev–Trinajstić information content (AvgIpc) is 3.15. The van der Waals surface area contributed by atoms with Gasteiger partial charge < -0.3 is 9.15 Å².